The average Bonchev–Trinajstić information content (AvgIpc) is 2.48. The van der Waals surface area contributed by atoms with Crippen LogP contribution >= 0.6 is 45.8 Å². The van der Waals surface area contributed by atoms with Gasteiger partial charge in [-0.25, -0.2) is 0 Å². The van der Waals surface area contributed by atoms with Crippen LogP contribution in [0.25, 0.3) is 0 Å². The lowest BCUT2D eigenvalue weighted by molar-refractivity contribution is 0.258. The van der Waals surface area contributed by atoms with Crippen molar-refractivity contribution in [3.63, 3.8) is 0 Å². The lowest BCUT2D eigenvalue weighted by Gasteiger charge is -2.05. The van der Waals surface area contributed by atoms with E-state index in [1.54, 1.807) is 0 Å². The Labute approximate surface area is 101 Å². The molecular formula is C9H7Cl2IO. The van der Waals surface area contributed by atoms with Gasteiger partial charge in [0.2, 0.25) is 0 Å². The largest absolute Gasteiger partial charge is 0.488 e. The van der Waals surface area contributed by atoms with E-state index in [-0.39, 0.29) is 6.10 Å². The number of alkyl halides is 1. The van der Waals surface area contributed by atoms with Crippen molar-refractivity contribution in [1.82, 2.24) is 0 Å². The van der Waals surface area contributed by atoms with Crippen molar-refractivity contribution in [2.75, 3.05) is 5.88 Å². The van der Waals surface area contributed by atoms with Gasteiger partial charge in [0, 0.05) is 16.1 Å². The van der Waals surface area contributed by atoms with Crippen molar-refractivity contribution in [3.8, 4) is 5.75 Å². The summed E-state index contributed by atoms with van der Waals surface area (Å²) >= 11 is 13.9. The quantitative estimate of drug-likeness (QED) is 0.566. The molecule has 1 atom stereocenters. The molecule has 0 aliphatic carbocycles. The Kier molecular flexibility index (Phi) is 2.91. The van der Waals surface area contributed by atoms with E-state index in [1.807, 2.05) is 6.07 Å². The Bertz CT molecular complexity index is 310. The summed E-state index contributed by atoms with van der Waals surface area (Å²) in [6, 6.07) is 3.93. The van der Waals surface area contributed by atoms with E-state index >= 15 is 0 Å². The number of hydrogen-bond donors (Lipinski definition) is 0. The molecule has 1 heterocycles. The lowest BCUT2D eigenvalue weighted by atomic mass is 10.1. The Hall–Kier alpha value is 0.330. The normalized spacial score (nSPS) is 19.8. The summed E-state index contributed by atoms with van der Waals surface area (Å²) in [5, 5.41) is 0.745. The van der Waals surface area contributed by atoms with Gasteiger partial charge in [-0.2, -0.15) is 0 Å². The first-order chi connectivity index (χ1) is 6.20. The Balaban J connectivity index is 2.36. The minimum atomic E-state index is 0.117. The highest BCUT2D eigenvalue weighted by Crippen LogP contribution is 2.34. The second kappa shape index (κ2) is 3.83. The first-order valence-corrected chi connectivity index (χ1v) is 5.90. The number of ether oxygens (including phenoxy) is 1. The molecule has 2 rings (SSSR count). The molecule has 0 spiro atoms. The fourth-order valence-corrected chi connectivity index (χ4v) is 2.25. The minimum absolute atomic E-state index is 0.117. The molecule has 0 saturated carbocycles. The Morgan fingerprint density at radius 2 is 2.31 bits per heavy atom. The highest BCUT2D eigenvalue weighted by atomic mass is 127. The third kappa shape index (κ3) is 1.90. The van der Waals surface area contributed by atoms with Gasteiger partial charge in [-0.1, -0.05) is 11.6 Å². The van der Waals surface area contributed by atoms with Crippen LogP contribution in [0.1, 0.15) is 5.56 Å². The summed E-state index contributed by atoms with van der Waals surface area (Å²) in [7, 11) is 0. The van der Waals surface area contributed by atoms with E-state index in [2.05, 4.69) is 28.7 Å². The van der Waals surface area contributed by atoms with Crippen molar-refractivity contribution in [2.24, 2.45) is 0 Å². The summed E-state index contributed by atoms with van der Waals surface area (Å²) < 4.78 is 6.64. The van der Waals surface area contributed by atoms with Crippen molar-refractivity contribution in [2.45, 2.75) is 12.5 Å². The summed E-state index contributed by atoms with van der Waals surface area (Å²) in [5.41, 5.74) is 1.21. The van der Waals surface area contributed by atoms with Crippen LogP contribution in [0, 0.1) is 3.57 Å². The van der Waals surface area contributed by atoms with E-state index in [0.717, 1.165) is 20.8 Å². The molecule has 0 saturated heterocycles. The molecule has 0 N–H and O–H groups in total. The molecule has 1 unspecified atom stereocenters. The van der Waals surface area contributed by atoms with Gasteiger partial charge in [-0.3, -0.25) is 0 Å². The van der Waals surface area contributed by atoms with E-state index in [1.165, 1.54) is 5.56 Å². The summed E-state index contributed by atoms with van der Waals surface area (Å²) in [6.45, 7) is 0. The van der Waals surface area contributed by atoms with Crippen LogP contribution in [0.15, 0.2) is 12.1 Å². The summed E-state index contributed by atoms with van der Waals surface area (Å²) in [5.74, 6) is 1.42. The molecular weight excluding hydrogens is 322 g/mol. The molecule has 1 aromatic rings. The summed E-state index contributed by atoms with van der Waals surface area (Å²) in [4.78, 5) is 0. The number of fused-ring (bicyclic) bond motifs is 1. The molecule has 1 aromatic carbocycles. The van der Waals surface area contributed by atoms with Gasteiger partial charge >= 0.3 is 0 Å². The van der Waals surface area contributed by atoms with Crippen molar-refractivity contribution >= 4 is 45.8 Å². The fourth-order valence-electron chi connectivity index (χ4n) is 1.39. The first-order valence-electron chi connectivity index (χ1n) is 3.91. The Morgan fingerprint density at radius 1 is 1.54 bits per heavy atom. The van der Waals surface area contributed by atoms with E-state index in [9.17, 15) is 0 Å². The minimum Gasteiger partial charge on any atom is -0.488 e. The van der Waals surface area contributed by atoms with E-state index < -0.39 is 0 Å². The van der Waals surface area contributed by atoms with Crippen LogP contribution in [0.2, 0.25) is 5.02 Å². The SMILES string of the molecule is ClCC1Cc2cc(I)c(Cl)cc2O1. The zero-order valence-corrected chi connectivity index (χ0v) is 10.4. The van der Waals surface area contributed by atoms with E-state index in [4.69, 9.17) is 27.9 Å². The molecule has 13 heavy (non-hydrogen) atoms. The van der Waals surface area contributed by atoms with Crippen molar-refractivity contribution < 1.29 is 4.74 Å². The third-order valence-corrected chi connectivity index (χ3v) is 3.89. The molecule has 4 heteroatoms. The molecule has 1 aliphatic heterocycles. The number of rotatable bonds is 1. The zero-order chi connectivity index (χ0) is 9.42. The molecule has 1 aliphatic rings. The first kappa shape index (κ1) is 9.87. The molecule has 70 valence electrons. The van der Waals surface area contributed by atoms with Gasteiger partial charge in [0.05, 0.1) is 10.9 Å². The standard InChI is InChI=1S/C9H7Cl2IO/c10-4-6-1-5-2-8(12)7(11)3-9(5)13-6/h2-3,6H,1,4H2. The molecule has 0 radical (unpaired) electrons. The molecule has 0 fully saturated rings. The topological polar surface area (TPSA) is 9.23 Å². The molecule has 0 bridgehead atoms. The van der Waals surface area contributed by atoms with Crippen LogP contribution in [-0.2, 0) is 6.42 Å². The van der Waals surface area contributed by atoms with Gasteiger partial charge in [0.25, 0.3) is 0 Å². The van der Waals surface area contributed by atoms with Crippen LogP contribution in [0.3, 0.4) is 0 Å². The number of halogens is 3. The summed E-state index contributed by atoms with van der Waals surface area (Å²) in [6.07, 6.45) is 1.01. The third-order valence-electron chi connectivity index (χ3n) is 2.02. The number of hydrogen-bond acceptors (Lipinski definition) is 1. The van der Waals surface area contributed by atoms with Crippen LogP contribution in [-0.4, -0.2) is 12.0 Å². The zero-order valence-electron chi connectivity index (χ0n) is 6.69. The molecule has 0 aromatic heterocycles. The highest BCUT2D eigenvalue weighted by molar-refractivity contribution is 14.1. The van der Waals surface area contributed by atoms with E-state index in [0.29, 0.717) is 5.88 Å². The smallest absolute Gasteiger partial charge is 0.124 e. The predicted octanol–water partition coefficient (Wildman–Crippen LogP) is 3.49. The van der Waals surface area contributed by atoms with Gasteiger partial charge < -0.3 is 4.74 Å². The van der Waals surface area contributed by atoms with Crippen molar-refractivity contribution in [1.29, 1.82) is 0 Å². The Morgan fingerprint density at radius 3 is 3.00 bits per heavy atom. The maximum absolute atomic E-state index is 5.96. The van der Waals surface area contributed by atoms with Gasteiger partial charge in [0.15, 0.2) is 0 Å². The van der Waals surface area contributed by atoms with Crippen molar-refractivity contribution in [3.05, 3.63) is 26.3 Å². The van der Waals surface area contributed by atoms with Crippen LogP contribution < -0.4 is 4.74 Å². The lowest BCUT2D eigenvalue weighted by Crippen LogP contribution is -2.13. The van der Waals surface area contributed by atoms with Crippen LogP contribution in [0.5, 0.6) is 5.75 Å². The highest BCUT2D eigenvalue weighted by Gasteiger charge is 2.22. The number of benzene rings is 1. The van der Waals surface area contributed by atoms with Gasteiger partial charge in [0.1, 0.15) is 11.9 Å². The van der Waals surface area contributed by atoms with Gasteiger partial charge in [-0.15, -0.1) is 11.6 Å². The monoisotopic (exact) mass is 328 g/mol. The second-order valence-electron chi connectivity index (χ2n) is 2.97. The molecule has 1 nitrogen and oxygen atoms in total. The molecule has 0 amide bonds. The van der Waals surface area contributed by atoms with Crippen LogP contribution in [0.4, 0.5) is 0 Å². The predicted molar refractivity (Wildman–Crippen MR) is 63.0 cm³/mol. The maximum Gasteiger partial charge on any atom is 0.124 e. The van der Waals surface area contributed by atoms with Gasteiger partial charge in [-0.05, 0) is 34.2 Å². The maximum atomic E-state index is 5.96. The fraction of sp³-hybridized carbons (Fsp3) is 0.333. The second-order valence-corrected chi connectivity index (χ2v) is 4.85. The average molecular weight is 329 g/mol.